The summed E-state index contributed by atoms with van der Waals surface area (Å²) < 4.78 is 15.2. The van der Waals surface area contributed by atoms with E-state index >= 15 is 0 Å². The largest absolute Gasteiger partial charge is 0.323 e. The van der Waals surface area contributed by atoms with E-state index in [-0.39, 0.29) is 5.82 Å². The number of hydrogen-bond donors (Lipinski definition) is 0. The van der Waals surface area contributed by atoms with Gasteiger partial charge in [0.1, 0.15) is 5.82 Å². The van der Waals surface area contributed by atoms with E-state index in [1.165, 1.54) is 11.6 Å². The molecule has 3 heteroatoms. The number of rotatable bonds is 4. The van der Waals surface area contributed by atoms with Crippen LogP contribution in [0.3, 0.4) is 0 Å². The zero-order chi connectivity index (χ0) is 12.4. The van der Waals surface area contributed by atoms with Crippen molar-refractivity contribution in [3.05, 3.63) is 42.0 Å². The number of nitrogens with zero attached hydrogens (tertiary/aromatic N) is 2. The van der Waals surface area contributed by atoms with E-state index in [2.05, 4.69) is 32.0 Å². The molecule has 0 fully saturated rings. The lowest BCUT2D eigenvalue weighted by molar-refractivity contribution is 0.285. The van der Waals surface area contributed by atoms with Crippen LogP contribution in [0.2, 0.25) is 0 Å². The number of fused-ring (bicyclic) bond motifs is 1. The summed E-state index contributed by atoms with van der Waals surface area (Å²) in [5.74, 6) is -0.171. The van der Waals surface area contributed by atoms with Gasteiger partial charge in [0, 0.05) is 18.4 Å². The predicted octanol–water partition coefficient (Wildman–Crippen LogP) is 2.96. The molecule has 2 aromatic heterocycles. The topological polar surface area (TPSA) is 7.65 Å². The Hall–Kier alpha value is -1.35. The van der Waals surface area contributed by atoms with Gasteiger partial charge >= 0.3 is 0 Å². The molecule has 0 aromatic carbocycles. The van der Waals surface area contributed by atoms with Crippen molar-refractivity contribution in [2.75, 3.05) is 14.1 Å². The molecule has 92 valence electrons. The molecule has 0 aliphatic carbocycles. The highest BCUT2D eigenvalue weighted by molar-refractivity contribution is 5.56. The van der Waals surface area contributed by atoms with E-state index in [0.717, 1.165) is 18.4 Å². The average Bonchev–Trinajstić information content (AvgIpc) is 2.68. The summed E-state index contributed by atoms with van der Waals surface area (Å²) in [6.45, 7) is 2.18. The van der Waals surface area contributed by atoms with Crippen molar-refractivity contribution in [2.45, 2.75) is 25.8 Å². The van der Waals surface area contributed by atoms with Crippen LogP contribution in [0.5, 0.6) is 0 Å². The summed E-state index contributed by atoms with van der Waals surface area (Å²) in [6, 6.07) is 5.68. The summed E-state index contributed by atoms with van der Waals surface area (Å²) in [5, 5.41) is 0. The van der Waals surface area contributed by atoms with Gasteiger partial charge in [0.25, 0.3) is 0 Å². The van der Waals surface area contributed by atoms with Gasteiger partial charge in [-0.2, -0.15) is 0 Å². The maximum Gasteiger partial charge on any atom is 0.126 e. The Kier molecular flexibility index (Phi) is 3.48. The van der Waals surface area contributed by atoms with Crippen LogP contribution in [0.15, 0.2) is 30.6 Å². The first-order chi connectivity index (χ1) is 8.11. The van der Waals surface area contributed by atoms with E-state index < -0.39 is 0 Å². The first-order valence-electron chi connectivity index (χ1n) is 6.03. The minimum atomic E-state index is -0.171. The lowest BCUT2D eigenvalue weighted by atomic mass is 10.0. The molecule has 2 rings (SSSR count). The van der Waals surface area contributed by atoms with Crippen LogP contribution in [0, 0.1) is 5.82 Å². The van der Waals surface area contributed by atoms with Gasteiger partial charge in [-0.15, -0.1) is 0 Å². The third kappa shape index (κ3) is 2.50. The molecule has 2 aromatic rings. The first-order valence-corrected chi connectivity index (χ1v) is 6.03. The second kappa shape index (κ2) is 4.88. The van der Waals surface area contributed by atoms with Crippen LogP contribution in [-0.2, 0) is 6.42 Å². The number of aromatic nitrogens is 1. The van der Waals surface area contributed by atoms with Crippen molar-refractivity contribution >= 4 is 5.52 Å². The highest BCUT2D eigenvalue weighted by atomic mass is 19.1. The Bertz CT molecular complexity index is 502. The smallest absolute Gasteiger partial charge is 0.126 e. The van der Waals surface area contributed by atoms with Gasteiger partial charge in [0.15, 0.2) is 0 Å². The van der Waals surface area contributed by atoms with Gasteiger partial charge in [-0.05, 0) is 50.7 Å². The zero-order valence-electron chi connectivity index (χ0n) is 10.7. The standard InChI is InChI=1S/C14H19FN2/c1-4-13(16(2)3)9-11-5-7-17-8-6-12(15)10-14(11)17/h5-8,10,13H,4,9H2,1-3H3. The Morgan fingerprint density at radius 2 is 2.00 bits per heavy atom. The molecule has 0 aliphatic heterocycles. The third-order valence-electron chi connectivity index (χ3n) is 3.37. The molecule has 0 spiro atoms. The van der Waals surface area contributed by atoms with E-state index in [9.17, 15) is 4.39 Å². The summed E-state index contributed by atoms with van der Waals surface area (Å²) >= 11 is 0. The van der Waals surface area contributed by atoms with E-state index in [4.69, 9.17) is 0 Å². The molecule has 0 saturated carbocycles. The van der Waals surface area contributed by atoms with Gasteiger partial charge in [-0.3, -0.25) is 0 Å². The summed E-state index contributed by atoms with van der Waals surface area (Å²) in [6.07, 6.45) is 5.82. The second-order valence-electron chi connectivity index (χ2n) is 4.71. The molecule has 0 aliphatic rings. The second-order valence-corrected chi connectivity index (χ2v) is 4.71. The minimum Gasteiger partial charge on any atom is -0.323 e. The lowest BCUT2D eigenvalue weighted by Crippen LogP contribution is -2.29. The van der Waals surface area contributed by atoms with Crippen LogP contribution in [0.4, 0.5) is 4.39 Å². The van der Waals surface area contributed by atoms with Crippen molar-refractivity contribution in [1.82, 2.24) is 9.30 Å². The number of halogens is 1. The molecule has 2 heterocycles. The first kappa shape index (κ1) is 12.1. The Labute approximate surface area is 102 Å². The molecule has 0 N–H and O–H groups in total. The van der Waals surface area contributed by atoms with Crippen LogP contribution in [-0.4, -0.2) is 29.4 Å². The van der Waals surface area contributed by atoms with Crippen molar-refractivity contribution in [2.24, 2.45) is 0 Å². The monoisotopic (exact) mass is 234 g/mol. The summed E-state index contributed by atoms with van der Waals surface area (Å²) in [4.78, 5) is 2.22. The highest BCUT2D eigenvalue weighted by Gasteiger charge is 2.12. The molecule has 1 unspecified atom stereocenters. The number of hydrogen-bond acceptors (Lipinski definition) is 1. The molecule has 0 bridgehead atoms. The fourth-order valence-corrected chi connectivity index (χ4v) is 2.25. The van der Waals surface area contributed by atoms with Crippen LogP contribution in [0.25, 0.3) is 5.52 Å². The molecule has 1 atom stereocenters. The number of pyridine rings is 1. The third-order valence-corrected chi connectivity index (χ3v) is 3.37. The van der Waals surface area contributed by atoms with Crippen LogP contribution in [0.1, 0.15) is 18.9 Å². The summed E-state index contributed by atoms with van der Waals surface area (Å²) in [5.41, 5.74) is 2.19. The van der Waals surface area contributed by atoms with Gasteiger partial charge < -0.3 is 9.30 Å². The van der Waals surface area contributed by atoms with Crippen LogP contribution < -0.4 is 0 Å². The molecule has 0 saturated heterocycles. The summed E-state index contributed by atoms with van der Waals surface area (Å²) in [7, 11) is 4.18. The van der Waals surface area contributed by atoms with E-state index in [1.807, 2.05) is 10.6 Å². The van der Waals surface area contributed by atoms with Gasteiger partial charge in [0.2, 0.25) is 0 Å². The van der Waals surface area contributed by atoms with Gasteiger partial charge in [0.05, 0.1) is 5.52 Å². The molecular formula is C14H19FN2. The lowest BCUT2D eigenvalue weighted by Gasteiger charge is -2.22. The molecule has 2 nitrogen and oxygen atoms in total. The van der Waals surface area contributed by atoms with Crippen molar-refractivity contribution in [3.63, 3.8) is 0 Å². The SMILES string of the molecule is CCC(Cc1ccn2ccc(F)cc12)N(C)C. The zero-order valence-corrected chi connectivity index (χ0v) is 10.7. The normalized spacial score (nSPS) is 13.5. The molecular weight excluding hydrogens is 215 g/mol. The van der Waals surface area contributed by atoms with E-state index in [1.54, 1.807) is 12.3 Å². The Balaban J connectivity index is 2.32. The minimum absolute atomic E-state index is 0.171. The average molecular weight is 234 g/mol. The fourth-order valence-electron chi connectivity index (χ4n) is 2.25. The maximum atomic E-state index is 13.2. The molecule has 17 heavy (non-hydrogen) atoms. The molecule has 0 radical (unpaired) electrons. The Morgan fingerprint density at radius 3 is 2.65 bits per heavy atom. The van der Waals surface area contributed by atoms with Crippen molar-refractivity contribution < 1.29 is 4.39 Å². The van der Waals surface area contributed by atoms with Gasteiger partial charge in [-0.1, -0.05) is 6.92 Å². The van der Waals surface area contributed by atoms with Crippen molar-refractivity contribution in [1.29, 1.82) is 0 Å². The van der Waals surface area contributed by atoms with Gasteiger partial charge in [-0.25, -0.2) is 4.39 Å². The predicted molar refractivity (Wildman–Crippen MR) is 68.8 cm³/mol. The van der Waals surface area contributed by atoms with Crippen molar-refractivity contribution in [3.8, 4) is 0 Å². The highest BCUT2D eigenvalue weighted by Crippen LogP contribution is 2.18. The van der Waals surface area contributed by atoms with E-state index in [0.29, 0.717) is 6.04 Å². The Morgan fingerprint density at radius 1 is 1.29 bits per heavy atom. The molecule has 0 amide bonds. The number of likely N-dealkylation sites (N-methyl/N-ethyl adjacent to an activating group) is 1. The quantitative estimate of drug-likeness (QED) is 0.789. The van der Waals surface area contributed by atoms with Crippen LogP contribution >= 0.6 is 0 Å². The fraction of sp³-hybridized carbons (Fsp3) is 0.429. The maximum absolute atomic E-state index is 13.2.